The van der Waals surface area contributed by atoms with Crippen LogP contribution in [0.1, 0.15) is 54.9 Å². The minimum absolute atomic E-state index is 0. The molecule has 1 fully saturated rings. The number of amides is 1. The molecule has 5 heteroatoms. The molecular formula is C25H32N3OY+. The van der Waals surface area contributed by atoms with Gasteiger partial charge in [0, 0.05) is 50.4 Å². The smallest absolute Gasteiger partial charge is 0.282 e. The number of carbonyl (C=O) groups is 1. The minimum Gasteiger partial charge on any atom is -0.320 e. The fourth-order valence-corrected chi connectivity index (χ4v) is 4.81. The number of anilines is 1. The van der Waals surface area contributed by atoms with Crippen molar-refractivity contribution in [3.63, 3.8) is 0 Å². The molecule has 1 heterocycles. The van der Waals surface area contributed by atoms with Gasteiger partial charge in [0.05, 0.1) is 24.7 Å². The number of rotatable bonds is 6. The zero-order valence-corrected chi connectivity index (χ0v) is 21.3. The SMILES string of the molecule is CCC(C(=O)Nc1c(C)cccc1C)[N+]1(Cc2ccc(C#N)cc2)CCCCC1.[Y]. The van der Waals surface area contributed by atoms with E-state index in [4.69, 9.17) is 5.26 Å². The van der Waals surface area contributed by atoms with Gasteiger partial charge in [-0.3, -0.25) is 4.79 Å². The minimum atomic E-state index is -0.0788. The Balaban J connectivity index is 0.00000320. The molecule has 0 aliphatic carbocycles. The molecule has 0 aromatic heterocycles. The summed E-state index contributed by atoms with van der Waals surface area (Å²) in [5.41, 5.74) is 5.03. The van der Waals surface area contributed by atoms with E-state index in [1.807, 2.05) is 56.3 Å². The third-order valence-electron chi connectivity index (χ3n) is 6.37. The molecule has 1 aliphatic heterocycles. The first-order valence-corrected chi connectivity index (χ1v) is 10.7. The average Bonchev–Trinajstić information content (AvgIpc) is 2.72. The van der Waals surface area contributed by atoms with Crippen LogP contribution in [-0.2, 0) is 44.0 Å². The second-order valence-electron chi connectivity index (χ2n) is 8.37. The van der Waals surface area contributed by atoms with Crippen molar-refractivity contribution in [1.29, 1.82) is 5.26 Å². The standard InChI is InChI=1S/C25H31N3O.Y/c1-4-23(25(29)27-24-19(2)9-8-10-20(24)3)28(15-6-5-7-16-28)18-22-13-11-21(17-26)12-14-22;/h8-14,23H,4-7,15-16,18H2,1-3H3;/p+1. The summed E-state index contributed by atoms with van der Waals surface area (Å²) in [6.45, 7) is 9.11. The van der Waals surface area contributed by atoms with Gasteiger partial charge >= 0.3 is 0 Å². The maximum absolute atomic E-state index is 13.5. The number of nitriles is 1. The number of hydrogen-bond donors (Lipinski definition) is 1. The van der Waals surface area contributed by atoms with Crippen LogP contribution in [0.25, 0.3) is 0 Å². The molecule has 1 N–H and O–H groups in total. The Morgan fingerprint density at radius 1 is 1.07 bits per heavy atom. The van der Waals surface area contributed by atoms with Crippen molar-refractivity contribution < 1.29 is 42.0 Å². The number of benzene rings is 2. The van der Waals surface area contributed by atoms with Gasteiger partial charge in [0.25, 0.3) is 5.91 Å². The molecule has 2 aromatic carbocycles. The summed E-state index contributed by atoms with van der Waals surface area (Å²) in [7, 11) is 0. The van der Waals surface area contributed by atoms with Crippen LogP contribution in [0.15, 0.2) is 42.5 Å². The molecule has 30 heavy (non-hydrogen) atoms. The Morgan fingerprint density at radius 2 is 1.67 bits per heavy atom. The van der Waals surface area contributed by atoms with Crippen molar-refractivity contribution in [2.45, 2.75) is 59.0 Å². The van der Waals surface area contributed by atoms with E-state index in [-0.39, 0.29) is 44.7 Å². The predicted octanol–water partition coefficient (Wildman–Crippen LogP) is 5.09. The van der Waals surface area contributed by atoms with E-state index < -0.39 is 0 Å². The second-order valence-corrected chi connectivity index (χ2v) is 8.37. The van der Waals surface area contributed by atoms with Crippen molar-refractivity contribution in [2.75, 3.05) is 18.4 Å². The molecule has 1 atom stereocenters. The molecule has 1 unspecified atom stereocenters. The number of para-hydroxylation sites is 1. The second kappa shape index (κ2) is 11.2. The molecule has 0 spiro atoms. The van der Waals surface area contributed by atoms with Crippen molar-refractivity contribution in [1.82, 2.24) is 0 Å². The van der Waals surface area contributed by atoms with E-state index >= 15 is 0 Å². The van der Waals surface area contributed by atoms with Crippen LogP contribution in [0.4, 0.5) is 5.69 Å². The van der Waals surface area contributed by atoms with Crippen LogP contribution in [-0.4, -0.2) is 29.5 Å². The molecule has 3 rings (SSSR count). The summed E-state index contributed by atoms with van der Waals surface area (Å²) in [4.78, 5) is 13.5. The number of aryl methyl sites for hydroxylation is 2. The molecule has 1 radical (unpaired) electrons. The van der Waals surface area contributed by atoms with Crippen LogP contribution in [0.5, 0.6) is 0 Å². The Hall–Kier alpha value is -1.54. The fourth-order valence-electron chi connectivity index (χ4n) is 4.81. The van der Waals surface area contributed by atoms with E-state index in [0.717, 1.165) is 60.2 Å². The number of carbonyl (C=O) groups excluding carboxylic acids is 1. The zero-order valence-electron chi connectivity index (χ0n) is 18.4. The van der Waals surface area contributed by atoms with Gasteiger partial charge in [-0.05, 0) is 56.4 Å². The molecule has 2 aromatic rings. The third-order valence-corrected chi connectivity index (χ3v) is 6.37. The van der Waals surface area contributed by atoms with Gasteiger partial charge in [0.2, 0.25) is 0 Å². The molecular weight excluding hydrogens is 447 g/mol. The monoisotopic (exact) mass is 479 g/mol. The summed E-state index contributed by atoms with van der Waals surface area (Å²) in [6.07, 6.45) is 4.36. The van der Waals surface area contributed by atoms with Crippen LogP contribution >= 0.6 is 0 Å². The summed E-state index contributed by atoms with van der Waals surface area (Å²) in [5, 5.41) is 12.3. The molecule has 1 saturated heterocycles. The van der Waals surface area contributed by atoms with E-state index in [0.29, 0.717) is 5.56 Å². The molecule has 0 bridgehead atoms. The number of hydrogen-bond acceptors (Lipinski definition) is 2. The number of nitrogens with one attached hydrogen (secondary N) is 1. The Bertz CT molecular complexity index is 875. The quantitative estimate of drug-likeness (QED) is 0.587. The van der Waals surface area contributed by atoms with Crippen LogP contribution in [0, 0.1) is 25.2 Å². The van der Waals surface area contributed by atoms with E-state index in [9.17, 15) is 4.79 Å². The summed E-state index contributed by atoms with van der Waals surface area (Å²) >= 11 is 0. The van der Waals surface area contributed by atoms with Crippen molar-refractivity contribution >= 4 is 11.6 Å². The number of nitrogens with zero attached hydrogens (tertiary/aromatic N) is 2. The fraction of sp³-hybridized carbons (Fsp3) is 0.440. The van der Waals surface area contributed by atoms with Crippen molar-refractivity contribution in [3.8, 4) is 6.07 Å². The van der Waals surface area contributed by atoms with Crippen molar-refractivity contribution in [3.05, 3.63) is 64.7 Å². The maximum atomic E-state index is 13.5. The van der Waals surface area contributed by atoms with Gasteiger partial charge < -0.3 is 9.80 Å². The maximum Gasteiger partial charge on any atom is 0.282 e. The van der Waals surface area contributed by atoms with Gasteiger partial charge in [-0.15, -0.1) is 0 Å². The number of quaternary nitrogens is 1. The van der Waals surface area contributed by atoms with Gasteiger partial charge in [0.1, 0.15) is 6.54 Å². The average molecular weight is 479 g/mol. The van der Waals surface area contributed by atoms with Crippen LogP contribution in [0.2, 0.25) is 0 Å². The first-order chi connectivity index (χ1) is 14.0. The van der Waals surface area contributed by atoms with Crippen molar-refractivity contribution in [2.24, 2.45) is 0 Å². The van der Waals surface area contributed by atoms with E-state index in [1.54, 1.807) is 0 Å². The summed E-state index contributed by atoms with van der Waals surface area (Å²) in [6, 6.07) is 16.1. The molecule has 4 nitrogen and oxygen atoms in total. The zero-order chi connectivity index (χ0) is 20.9. The van der Waals surface area contributed by atoms with Crippen LogP contribution < -0.4 is 5.32 Å². The van der Waals surface area contributed by atoms with Gasteiger partial charge in [-0.1, -0.05) is 37.3 Å². The largest absolute Gasteiger partial charge is 0.320 e. The molecule has 1 aliphatic rings. The predicted molar refractivity (Wildman–Crippen MR) is 117 cm³/mol. The Kier molecular flexibility index (Phi) is 9.22. The Labute approximate surface area is 206 Å². The summed E-state index contributed by atoms with van der Waals surface area (Å²) in [5.74, 6) is 0.125. The van der Waals surface area contributed by atoms with E-state index in [1.165, 1.54) is 12.0 Å². The topological polar surface area (TPSA) is 52.9 Å². The summed E-state index contributed by atoms with van der Waals surface area (Å²) < 4.78 is 0.805. The first-order valence-electron chi connectivity index (χ1n) is 10.7. The Morgan fingerprint density at radius 3 is 2.20 bits per heavy atom. The number of likely N-dealkylation sites (tertiary alicyclic amines) is 1. The van der Waals surface area contributed by atoms with Gasteiger partial charge in [0.15, 0.2) is 6.04 Å². The normalized spacial score (nSPS) is 16.1. The van der Waals surface area contributed by atoms with Gasteiger partial charge in [-0.25, -0.2) is 0 Å². The van der Waals surface area contributed by atoms with Gasteiger partial charge in [-0.2, -0.15) is 5.26 Å². The molecule has 155 valence electrons. The first kappa shape index (κ1) is 24.7. The van der Waals surface area contributed by atoms with E-state index in [2.05, 4.69) is 18.3 Å². The third kappa shape index (κ3) is 5.58. The molecule has 0 saturated carbocycles. The molecule has 1 amide bonds. The van der Waals surface area contributed by atoms with Crippen LogP contribution in [0.3, 0.4) is 0 Å². The number of piperidine rings is 1.